The molecule has 1 saturated heterocycles. The van der Waals surface area contributed by atoms with Gasteiger partial charge in [0.05, 0.1) is 25.5 Å². The molecule has 39 heavy (non-hydrogen) atoms. The van der Waals surface area contributed by atoms with Crippen LogP contribution in [0.5, 0.6) is 11.5 Å². The summed E-state index contributed by atoms with van der Waals surface area (Å²) in [5.74, 6) is 1.18. The van der Waals surface area contributed by atoms with E-state index >= 15 is 0 Å². The first kappa shape index (κ1) is 28.1. The average molecular weight is 553 g/mol. The second-order valence-corrected chi connectivity index (χ2v) is 10.1. The molecule has 2 atom stereocenters. The number of aromatic nitrogens is 3. The highest BCUT2D eigenvalue weighted by molar-refractivity contribution is 7.98. The van der Waals surface area contributed by atoms with Crippen LogP contribution in [-0.4, -0.2) is 76.7 Å². The molecule has 4 rings (SSSR count). The number of amides is 2. The lowest BCUT2D eigenvalue weighted by Crippen LogP contribution is -2.49. The monoisotopic (exact) mass is 552 g/mol. The van der Waals surface area contributed by atoms with Gasteiger partial charge in [-0.15, -0.1) is 10.2 Å². The molecule has 1 N–H and O–H groups in total. The Morgan fingerprint density at radius 1 is 1.15 bits per heavy atom. The summed E-state index contributed by atoms with van der Waals surface area (Å²) in [5.41, 5.74) is 4.79. The smallest absolute Gasteiger partial charge is 0.271 e. The van der Waals surface area contributed by atoms with Gasteiger partial charge >= 0.3 is 0 Å². The molecule has 0 saturated carbocycles. The van der Waals surface area contributed by atoms with Gasteiger partial charge in [-0.25, -0.2) is 5.43 Å². The lowest BCUT2D eigenvalue weighted by molar-refractivity contribution is -0.145. The second-order valence-electron chi connectivity index (χ2n) is 9.16. The van der Waals surface area contributed by atoms with Crippen molar-refractivity contribution in [3.8, 4) is 11.5 Å². The number of hydrogen-bond acceptors (Lipinski definition) is 9. The number of rotatable bonds is 10. The highest BCUT2D eigenvalue weighted by atomic mass is 32.2. The molecule has 1 aliphatic rings. The minimum Gasteiger partial charge on any atom is -0.493 e. The second kappa shape index (κ2) is 13.3. The number of thioether (sulfide) groups is 1. The van der Waals surface area contributed by atoms with E-state index in [-0.39, 0.29) is 30.6 Å². The maximum absolute atomic E-state index is 12.6. The first-order chi connectivity index (χ1) is 18.8. The third kappa shape index (κ3) is 7.80. The van der Waals surface area contributed by atoms with Crippen LogP contribution in [0.4, 0.5) is 0 Å². The number of carbonyl (C=O) groups excluding carboxylic acids is 2. The molecule has 11 nitrogen and oxygen atoms in total. The first-order valence-corrected chi connectivity index (χ1v) is 13.4. The third-order valence-electron chi connectivity index (χ3n) is 5.94. The van der Waals surface area contributed by atoms with E-state index in [1.807, 2.05) is 37.6 Å². The summed E-state index contributed by atoms with van der Waals surface area (Å²) in [6.07, 6.45) is 3.15. The molecule has 0 bridgehead atoms. The molecule has 0 radical (unpaired) electrons. The molecule has 2 aromatic carbocycles. The van der Waals surface area contributed by atoms with Gasteiger partial charge in [0.1, 0.15) is 6.33 Å². The molecule has 2 heterocycles. The molecule has 12 heteroatoms. The minimum absolute atomic E-state index is 0.00898. The van der Waals surface area contributed by atoms with Gasteiger partial charge in [0.15, 0.2) is 23.3 Å². The Balaban J connectivity index is 1.27. The van der Waals surface area contributed by atoms with E-state index < -0.39 is 0 Å². The largest absolute Gasteiger partial charge is 0.493 e. The van der Waals surface area contributed by atoms with Gasteiger partial charge in [0.25, 0.3) is 11.8 Å². The topological polar surface area (TPSA) is 120 Å². The van der Waals surface area contributed by atoms with Gasteiger partial charge in [-0.1, -0.05) is 23.9 Å². The summed E-state index contributed by atoms with van der Waals surface area (Å²) in [6, 6.07) is 12.5. The van der Waals surface area contributed by atoms with Crippen LogP contribution < -0.4 is 14.9 Å². The number of carbonyl (C=O) groups is 2. The fraction of sp³-hybridized carbons (Fsp3) is 0.370. The van der Waals surface area contributed by atoms with E-state index in [1.165, 1.54) is 13.3 Å². The van der Waals surface area contributed by atoms with Crippen molar-refractivity contribution in [2.75, 3.05) is 26.8 Å². The Morgan fingerprint density at radius 2 is 1.90 bits per heavy atom. The molecule has 1 aliphatic heterocycles. The molecule has 0 unspecified atom stereocenters. The number of hydrazone groups is 1. The SMILES string of the molecule is COc1cc(/C=N\NC(=O)c2ccc(CSc3nncn3C)cc2)ccc1OCC(=O)N1C[C@H](C)O[C@@H](C)C1. The van der Waals surface area contributed by atoms with Crippen molar-refractivity contribution in [2.45, 2.75) is 37.0 Å². The maximum atomic E-state index is 12.6. The summed E-state index contributed by atoms with van der Waals surface area (Å²) in [6.45, 7) is 4.87. The zero-order chi connectivity index (χ0) is 27.8. The molecule has 0 aliphatic carbocycles. The summed E-state index contributed by atoms with van der Waals surface area (Å²) in [7, 11) is 3.42. The lowest BCUT2D eigenvalue weighted by atomic mass is 10.1. The highest BCUT2D eigenvalue weighted by Crippen LogP contribution is 2.28. The summed E-state index contributed by atoms with van der Waals surface area (Å²) >= 11 is 1.57. The van der Waals surface area contributed by atoms with Crippen molar-refractivity contribution in [1.82, 2.24) is 25.1 Å². The summed E-state index contributed by atoms with van der Waals surface area (Å²) in [4.78, 5) is 26.8. The van der Waals surface area contributed by atoms with Crippen molar-refractivity contribution < 1.29 is 23.8 Å². The lowest BCUT2D eigenvalue weighted by Gasteiger charge is -2.35. The third-order valence-corrected chi connectivity index (χ3v) is 7.05. The van der Waals surface area contributed by atoms with Crippen LogP contribution in [0.1, 0.15) is 35.3 Å². The highest BCUT2D eigenvalue weighted by Gasteiger charge is 2.26. The van der Waals surface area contributed by atoms with E-state index in [0.29, 0.717) is 41.5 Å². The number of nitrogens with one attached hydrogen (secondary N) is 1. The van der Waals surface area contributed by atoms with E-state index in [1.54, 1.807) is 53.3 Å². The predicted octanol–water partition coefficient (Wildman–Crippen LogP) is 2.89. The molecule has 1 aromatic heterocycles. The minimum atomic E-state index is -0.323. The summed E-state index contributed by atoms with van der Waals surface area (Å²) in [5, 5.41) is 12.8. The average Bonchev–Trinajstić information content (AvgIpc) is 3.34. The zero-order valence-electron chi connectivity index (χ0n) is 22.4. The quantitative estimate of drug-likeness (QED) is 0.232. The Kier molecular flexibility index (Phi) is 9.55. The van der Waals surface area contributed by atoms with Gasteiger partial charge in [-0.05, 0) is 55.3 Å². The molecular weight excluding hydrogens is 520 g/mol. The van der Waals surface area contributed by atoms with Crippen LogP contribution >= 0.6 is 11.8 Å². The number of morpholine rings is 1. The van der Waals surface area contributed by atoms with Crippen molar-refractivity contribution in [3.05, 3.63) is 65.5 Å². The molecule has 1 fully saturated rings. The van der Waals surface area contributed by atoms with Crippen molar-refractivity contribution in [3.63, 3.8) is 0 Å². The Morgan fingerprint density at radius 3 is 2.56 bits per heavy atom. The van der Waals surface area contributed by atoms with Crippen molar-refractivity contribution in [2.24, 2.45) is 12.1 Å². The molecule has 206 valence electrons. The fourth-order valence-corrected chi connectivity index (χ4v) is 4.87. The van der Waals surface area contributed by atoms with Gasteiger partial charge in [-0.3, -0.25) is 9.59 Å². The van der Waals surface area contributed by atoms with E-state index in [2.05, 4.69) is 20.7 Å². The fourth-order valence-electron chi connectivity index (χ4n) is 4.03. The van der Waals surface area contributed by atoms with Crippen LogP contribution in [0, 0.1) is 0 Å². The van der Waals surface area contributed by atoms with E-state index in [0.717, 1.165) is 10.7 Å². The molecular formula is C27H32N6O5S. The van der Waals surface area contributed by atoms with Crippen LogP contribution in [-0.2, 0) is 22.3 Å². The van der Waals surface area contributed by atoms with Gasteiger partial charge in [-0.2, -0.15) is 5.10 Å². The first-order valence-electron chi connectivity index (χ1n) is 12.5. The van der Waals surface area contributed by atoms with Crippen LogP contribution in [0.3, 0.4) is 0 Å². The Labute approximate surface area is 231 Å². The number of nitrogens with zero attached hydrogens (tertiary/aromatic N) is 5. The Hall–Kier alpha value is -3.90. The summed E-state index contributed by atoms with van der Waals surface area (Å²) < 4.78 is 18.7. The van der Waals surface area contributed by atoms with Gasteiger partial charge < -0.3 is 23.7 Å². The number of methoxy groups -OCH3 is 1. The number of benzene rings is 2. The van der Waals surface area contributed by atoms with E-state index in [4.69, 9.17) is 14.2 Å². The standard InChI is InChI=1S/C27H32N6O5S/c1-18-13-33(14-19(2)38-18)25(34)15-37-23-10-7-21(11-24(23)36-4)12-28-30-26(35)22-8-5-20(6-9-22)16-39-27-31-29-17-32(27)3/h5-12,17-19H,13-16H2,1-4H3,(H,30,35)/b28-12-/t18-,19-/m0/s1. The Bertz CT molecular complexity index is 1300. The van der Waals surface area contributed by atoms with Crippen molar-refractivity contribution >= 4 is 29.8 Å². The molecule has 0 spiro atoms. The van der Waals surface area contributed by atoms with Crippen molar-refractivity contribution in [1.29, 1.82) is 0 Å². The normalized spacial score (nSPS) is 17.3. The zero-order valence-corrected chi connectivity index (χ0v) is 23.2. The molecule has 3 aromatic rings. The number of hydrogen-bond donors (Lipinski definition) is 1. The van der Waals surface area contributed by atoms with E-state index in [9.17, 15) is 9.59 Å². The predicted molar refractivity (Wildman–Crippen MR) is 147 cm³/mol. The number of aryl methyl sites for hydroxylation is 1. The van der Waals surface area contributed by atoms with Gasteiger partial charge in [0.2, 0.25) is 0 Å². The number of ether oxygens (including phenoxy) is 3. The van der Waals surface area contributed by atoms with Crippen LogP contribution in [0.25, 0.3) is 0 Å². The molecule has 2 amide bonds. The van der Waals surface area contributed by atoms with Crippen LogP contribution in [0.15, 0.2) is 59.0 Å². The van der Waals surface area contributed by atoms with Gasteiger partial charge in [0, 0.05) is 31.5 Å². The van der Waals surface area contributed by atoms with Crippen LogP contribution in [0.2, 0.25) is 0 Å². The maximum Gasteiger partial charge on any atom is 0.271 e.